The Morgan fingerprint density at radius 3 is 2.53 bits per heavy atom. The van der Waals surface area contributed by atoms with E-state index in [-0.39, 0.29) is 18.0 Å². The fourth-order valence-corrected chi connectivity index (χ4v) is 4.00. The molecule has 1 fully saturated rings. The number of piperidine rings is 1. The van der Waals surface area contributed by atoms with Crippen LogP contribution >= 0.6 is 0 Å². The molecule has 1 amide bonds. The zero-order valence-corrected chi connectivity index (χ0v) is 16.9. The quantitative estimate of drug-likeness (QED) is 0.712. The van der Waals surface area contributed by atoms with E-state index in [4.69, 9.17) is 5.26 Å². The first kappa shape index (κ1) is 19.8. The largest absolute Gasteiger partial charge is 0.349 e. The number of likely N-dealkylation sites (tertiary alicyclic amines) is 1. The predicted molar refractivity (Wildman–Crippen MR) is 113 cm³/mol. The molecule has 0 bridgehead atoms. The smallest absolute Gasteiger partial charge is 0.254 e. The first-order valence-electron chi connectivity index (χ1n) is 10.1. The van der Waals surface area contributed by atoms with Crippen molar-refractivity contribution < 1.29 is 4.79 Å². The summed E-state index contributed by atoms with van der Waals surface area (Å²) in [5.74, 6) is -0.0718. The summed E-state index contributed by atoms with van der Waals surface area (Å²) in [5, 5.41) is 16.3. The summed E-state index contributed by atoms with van der Waals surface area (Å²) in [6.07, 6.45) is 8.75. The molecule has 30 heavy (non-hydrogen) atoms. The maximum atomic E-state index is 12.4. The average molecular weight is 400 g/mol. The molecule has 3 heterocycles. The standard InChI is InChI=1S/C23H24N6O/c1-28-16-20(15-26-28)23(30)27-21-8-11-29(12-9-21)22(19-3-2-10-25-14-19)18-6-4-17(13-24)5-7-18/h2-7,10,14-16,21-22H,8-9,11-12H2,1H3,(H,27,30). The molecule has 152 valence electrons. The predicted octanol–water partition coefficient (Wildman–Crippen LogP) is 2.67. The van der Waals surface area contributed by atoms with E-state index in [0.717, 1.165) is 37.1 Å². The number of carbonyl (C=O) groups excluding carboxylic acids is 1. The molecular weight excluding hydrogens is 376 g/mol. The Morgan fingerprint density at radius 2 is 1.93 bits per heavy atom. The van der Waals surface area contributed by atoms with Crippen LogP contribution in [0.25, 0.3) is 0 Å². The van der Waals surface area contributed by atoms with Crippen LogP contribution in [0.2, 0.25) is 0 Å². The molecule has 1 unspecified atom stereocenters. The lowest BCUT2D eigenvalue weighted by Crippen LogP contribution is -2.45. The number of nitriles is 1. The van der Waals surface area contributed by atoms with E-state index < -0.39 is 0 Å². The summed E-state index contributed by atoms with van der Waals surface area (Å²) in [6.45, 7) is 1.72. The van der Waals surface area contributed by atoms with Crippen molar-refractivity contribution in [3.8, 4) is 6.07 Å². The van der Waals surface area contributed by atoms with Gasteiger partial charge in [0.1, 0.15) is 0 Å². The first-order valence-corrected chi connectivity index (χ1v) is 10.1. The molecule has 4 rings (SSSR count). The highest BCUT2D eigenvalue weighted by molar-refractivity contribution is 5.93. The van der Waals surface area contributed by atoms with Gasteiger partial charge in [-0.1, -0.05) is 18.2 Å². The van der Waals surface area contributed by atoms with Gasteiger partial charge in [-0.2, -0.15) is 10.4 Å². The van der Waals surface area contributed by atoms with Crippen molar-refractivity contribution in [2.75, 3.05) is 13.1 Å². The minimum absolute atomic E-state index is 0.0708. The SMILES string of the molecule is Cn1cc(C(=O)NC2CCN(C(c3ccc(C#N)cc3)c3cccnc3)CC2)cn1. The van der Waals surface area contributed by atoms with Crippen molar-refractivity contribution in [2.24, 2.45) is 7.05 Å². The van der Waals surface area contributed by atoms with Gasteiger partial charge in [0.15, 0.2) is 0 Å². The number of rotatable bonds is 5. The summed E-state index contributed by atoms with van der Waals surface area (Å²) in [4.78, 5) is 19.2. The summed E-state index contributed by atoms with van der Waals surface area (Å²) < 4.78 is 1.63. The summed E-state index contributed by atoms with van der Waals surface area (Å²) in [5.41, 5.74) is 3.51. The van der Waals surface area contributed by atoms with Crippen molar-refractivity contribution in [1.29, 1.82) is 5.26 Å². The van der Waals surface area contributed by atoms with Crippen LogP contribution in [0.5, 0.6) is 0 Å². The number of amides is 1. The van der Waals surface area contributed by atoms with E-state index in [2.05, 4.69) is 32.4 Å². The number of pyridine rings is 1. The third-order valence-electron chi connectivity index (χ3n) is 5.55. The molecule has 0 saturated carbocycles. The lowest BCUT2D eigenvalue weighted by atomic mass is 9.94. The summed E-state index contributed by atoms with van der Waals surface area (Å²) in [7, 11) is 1.80. The van der Waals surface area contributed by atoms with Crippen molar-refractivity contribution in [1.82, 2.24) is 25.0 Å². The van der Waals surface area contributed by atoms with Gasteiger partial charge in [0.05, 0.1) is 29.4 Å². The Labute approximate surface area is 176 Å². The van der Waals surface area contributed by atoms with Crippen LogP contribution in [0.3, 0.4) is 0 Å². The Hall–Kier alpha value is -3.50. The Kier molecular flexibility index (Phi) is 5.87. The number of hydrogen-bond donors (Lipinski definition) is 1. The molecule has 1 saturated heterocycles. The molecule has 7 nitrogen and oxygen atoms in total. The zero-order valence-electron chi connectivity index (χ0n) is 16.9. The van der Waals surface area contributed by atoms with E-state index >= 15 is 0 Å². The number of hydrogen-bond acceptors (Lipinski definition) is 5. The number of aromatic nitrogens is 3. The van der Waals surface area contributed by atoms with Gasteiger partial charge < -0.3 is 5.32 Å². The van der Waals surface area contributed by atoms with Crippen molar-refractivity contribution in [3.05, 3.63) is 83.4 Å². The highest BCUT2D eigenvalue weighted by Crippen LogP contribution is 2.31. The van der Waals surface area contributed by atoms with Gasteiger partial charge in [-0.15, -0.1) is 0 Å². The van der Waals surface area contributed by atoms with Crippen LogP contribution in [0.4, 0.5) is 0 Å². The van der Waals surface area contributed by atoms with Gasteiger partial charge in [0.2, 0.25) is 0 Å². The number of aryl methyl sites for hydroxylation is 1. The second kappa shape index (κ2) is 8.89. The van der Waals surface area contributed by atoms with Gasteiger partial charge >= 0.3 is 0 Å². The first-order chi connectivity index (χ1) is 14.6. The van der Waals surface area contributed by atoms with Gasteiger partial charge in [-0.05, 0) is 42.2 Å². The molecule has 1 N–H and O–H groups in total. The van der Waals surface area contributed by atoms with Crippen molar-refractivity contribution in [2.45, 2.75) is 24.9 Å². The molecule has 3 aromatic rings. The molecule has 0 spiro atoms. The molecule has 1 aliphatic rings. The number of benzene rings is 1. The monoisotopic (exact) mass is 400 g/mol. The van der Waals surface area contributed by atoms with Crippen molar-refractivity contribution >= 4 is 5.91 Å². The van der Waals surface area contributed by atoms with E-state index in [1.807, 2.05) is 36.5 Å². The zero-order chi connectivity index (χ0) is 20.9. The number of nitrogens with one attached hydrogen (secondary N) is 1. The molecule has 1 aliphatic heterocycles. The second-order valence-electron chi connectivity index (χ2n) is 7.61. The highest BCUT2D eigenvalue weighted by Gasteiger charge is 2.28. The average Bonchev–Trinajstić information content (AvgIpc) is 3.23. The molecular formula is C23H24N6O. The second-order valence-corrected chi connectivity index (χ2v) is 7.61. The third kappa shape index (κ3) is 4.39. The van der Waals surface area contributed by atoms with Crippen LogP contribution in [-0.4, -0.2) is 44.7 Å². The fourth-order valence-electron chi connectivity index (χ4n) is 4.00. The lowest BCUT2D eigenvalue weighted by molar-refractivity contribution is 0.0900. The van der Waals surface area contributed by atoms with Crippen LogP contribution in [0.1, 0.15) is 45.9 Å². The Balaban J connectivity index is 1.46. The summed E-state index contributed by atoms with van der Waals surface area (Å²) >= 11 is 0. The normalized spacial score (nSPS) is 16.0. The number of carbonyl (C=O) groups is 1. The van der Waals surface area contributed by atoms with E-state index in [1.165, 1.54) is 0 Å². The van der Waals surface area contributed by atoms with Gasteiger partial charge in [-0.3, -0.25) is 19.4 Å². The maximum Gasteiger partial charge on any atom is 0.254 e. The van der Waals surface area contributed by atoms with Crippen LogP contribution in [0, 0.1) is 11.3 Å². The van der Waals surface area contributed by atoms with Crippen LogP contribution < -0.4 is 5.32 Å². The van der Waals surface area contributed by atoms with Gasteiger partial charge in [0.25, 0.3) is 5.91 Å². The molecule has 0 radical (unpaired) electrons. The molecule has 1 aromatic carbocycles. The van der Waals surface area contributed by atoms with Crippen LogP contribution in [-0.2, 0) is 7.05 Å². The molecule has 0 aliphatic carbocycles. The Morgan fingerprint density at radius 1 is 1.17 bits per heavy atom. The van der Waals surface area contributed by atoms with Gasteiger partial charge in [0, 0.05) is 44.8 Å². The Bertz CT molecular complexity index is 1030. The minimum Gasteiger partial charge on any atom is -0.349 e. The lowest BCUT2D eigenvalue weighted by Gasteiger charge is -2.38. The van der Waals surface area contributed by atoms with E-state index in [0.29, 0.717) is 11.1 Å². The molecule has 2 aromatic heterocycles. The maximum absolute atomic E-state index is 12.4. The van der Waals surface area contributed by atoms with Crippen molar-refractivity contribution in [3.63, 3.8) is 0 Å². The van der Waals surface area contributed by atoms with Crippen LogP contribution in [0.15, 0.2) is 61.2 Å². The molecule has 7 heteroatoms. The van der Waals surface area contributed by atoms with E-state index in [9.17, 15) is 4.79 Å². The summed E-state index contributed by atoms with van der Waals surface area (Å²) in [6, 6.07) is 14.2. The van der Waals surface area contributed by atoms with Gasteiger partial charge in [-0.25, -0.2) is 0 Å². The third-order valence-corrected chi connectivity index (χ3v) is 5.55. The fraction of sp³-hybridized carbons (Fsp3) is 0.304. The molecule has 1 atom stereocenters. The topological polar surface area (TPSA) is 86.8 Å². The highest BCUT2D eigenvalue weighted by atomic mass is 16.1. The minimum atomic E-state index is -0.0718. The number of nitrogens with zero attached hydrogens (tertiary/aromatic N) is 5. The van der Waals surface area contributed by atoms with E-state index in [1.54, 1.807) is 30.3 Å².